The summed E-state index contributed by atoms with van der Waals surface area (Å²) in [5.74, 6) is -3.66. The monoisotopic (exact) mass is 343 g/mol. The summed E-state index contributed by atoms with van der Waals surface area (Å²) in [5, 5.41) is 41.2. The molecule has 134 valence electrons. The van der Waals surface area contributed by atoms with Gasteiger partial charge in [0.25, 0.3) is 0 Å². The highest BCUT2D eigenvalue weighted by Gasteiger charge is 2.29. The lowest BCUT2D eigenvalue weighted by molar-refractivity contribution is -0.165. The molecule has 0 heterocycles. The van der Waals surface area contributed by atoms with E-state index >= 15 is 0 Å². The van der Waals surface area contributed by atoms with Crippen molar-refractivity contribution in [2.45, 2.75) is 32.2 Å². The van der Waals surface area contributed by atoms with Crippen LogP contribution in [-0.4, -0.2) is 56.6 Å². The molecule has 10 nitrogen and oxygen atoms in total. The molecule has 0 fully saturated rings. The van der Waals surface area contributed by atoms with Crippen molar-refractivity contribution < 1.29 is 34.9 Å². The molecular weight excluding hydrogens is 322 g/mol. The Morgan fingerprint density at radius 2 is 1.50 bits per heavy atom. The van der Waals surface area contributed by atoms with E-state index in [0.717, 1.165) is 5.69 Å². The van der Waals surface area contributed by atoms with Gasteiger partial charge >= 0.3 is 11.9 Å². The van der Waals surface area contributed by atoms with Crippen molar-refractivity contribution in [1.82, 2.24) is 0 Å². The first kappa shape index (κ1) is 21.3. The molecule has 0 saturated carbocycles. The molecular formula is C14H21N3O7. The number of aliphatic hydroxyl groups excluding tert-OH is 2. The van der Waals surface area contributed by atoms with E-state index in [1.54, 1.807) is 0 Å². The average Bonchev–Trinajstić information content (AvgIpc) is 2.52. The highest BCUT2D eigenvalue weighted by Crippen LogP contribution is 2.14. The van der Waals surface area contributed by atoms with Crippen LogP contribution >= 0.6 is 0 Å². The number of benzene rings is 1. The second-order valence-electron chi connectivity index (χ2n) is 4.74. The summed E-state index contributed by atoms with van der Waals surface area (Å²) in [6, 6.07) is 9.31. The lowest BCUT2D eigenvalue weighted by Gasteiger charge is -2.23. The van der Waals surface area contributed by atoms with Crippen molar-refractivity contribution >= 4 is 23.6 Å². The summed E-state index contributed by atoms with van der Waals surface area (Å²) in [4.78, 5) is 24.9. The van der Waals surface area contributed by atoms with Gasteiger partial charge in [-0.2, -0.15) is 5.06 Å². The zero-order valence-electron chi connectivity index (χ0n) is 13.2. The standard InChI is InChI=1S/C10H15N3O.C4H6O6/c1-8(2)14-13(10(11)12)9-6-4-3-5-7-9;5-1(3(7)8)2(6)4(9)10/h3-8H,1-2H3,(H3,11,12);1-2,5-6H,(H,7,8)(H,9,10). The molecule has 0 aromatic heterocycles. The van der Waals surface area contributed by atoms with Crippen LogP contribution in [0.2, 0.25) is 0 Å². The Morgan fingerprint density at radius 1 is 1.08 bits per heavy atom. The minimum atomic E-state index is -2.27. The Hall–Kier alpha value is -2.69. The van der Waals surface area contributed by atoms with Crippen LogP contribution in [0.3, 0.4) is 0 Å². The molecule has 1 aromatic rings. The van der Waals surface area contributed by atoms with E-state index in [1.165, 1.54) is 5.06 Å². The fourth-order valence-corrected chi connectivity index (χ4v) is 1.30. The molecule has 0 bridgehead atoms. The van der Waals surface area contributed by atoms with E-state index < -0.39 is 24.1 Å². The number of carbonyl (C=O) groups is 2. The minimum Gasteiger partial charge on any atom is -0.479 e. The molecule has 2 unspecified atom stereocenters. The van der Waals surface area contributed by atoms with Gasteiger partial charge in [-0.3, -0.25) is 10.2 Å². The van der Waals surface area contributed by atoms with E-state index in [1.807, 2.05) is 44.2 Å². The van der Waals surface area contributed by atoms with E-state index in [9.17, 15) is 9.59 Å². The first-order valence-corrected chi connectivity index (χ1v) is 6.75. The fourth-order valence-electron chi connectivity index (χ4n) is 1.30. The van der Waals surface area contributed by atoms with Crippen LogP contribution in [0.15, 0.2) is 30.3 Å². The highest BCUT2D eigenvalue weighted by molar-refractivity contribution is 5.90. The van der Waals surface area contributed by atoms with Crippen molar-refractivity contribution in [3.63, 3.8) is 0 Å². The van der Waals surface area contributed by atoms with Gasteiger partial charge in [-0.15, -0.1) is 0 Å². The number of carboxylic acid groups (broad SMARTS) is 2. The molecule has 0 radical (unpaired) electrons. The predicted molar refractivity (Wildman–Crippen MR) is 84.3 cm³/mol. The molecule has 0 aliphatic heterocycles. The molecule has 10 heteroatoms. The van der Waals surface area contributed by atoms with Gasteiger partial charge < -0.3 is 26.2 Å². The summed E-state index contributed by atoms with van der Waals surface area (Å²) in [6.45, 7) is 3.78. The number of nitrogens with one attached hydrogen (secondary N) is 1. The SMILES string of the molecule is CC(C)ON(C(=N)N)c1ccccc1.O=C(O)C(O)C(O)C(=O)O. The van der Waals surface area contributed by atoms with E-state index in [2.05, 4.69) is 0 Å². The molecule has 24 heavy (non-hydrogen) atoms. The third kappa shape index (κ3) is 7.54. The van der Waals surface area contributed by atoms with Gasteiger partial charge in [0.05, 0.1) is 11.8 Å². The average molecular weight is 343 g/mol. The first-order valence-electron chi connectivity index (χ1n) is 6.75. The maximum Gasteiger partial charge on any atom is 0.335 e. The second kappa shape index (κ2) is 10.2. The first-order chi connectivity index (χ1) is 11.1. The van der Waals surface area contributed by atoms with E-state index in [-0.39, 0.29) is 12.1 Å². The molecule has 0 spiro atoms. The Balaban J connectivity index is 0.000000470. The maximum absolute atomic E-state index is 9.77. The highest BCUT2D eigenvalue weighted by atomic mass is 16.7. The largest absolute Gasteiger partial charge is 0.479 e. The van der Waals surface area contributed by atoms with Crippen LogP contribution in [0.4, 0.5) is 5.69 Å². The van der Waals surface area contributed by atoms with Gasteiger partial charge in [-0.05, 0) is 26.0 Å². The molecule has 0 saturated heterocycles. The number of anilines is 1. The zero-order valence-corrected chi connectivity index (χ0v) is 13.2. The molecule has 0 aliphatic carbocycles. The summed E-state index contributed by atoms with van der Waals surface area (Å²) in [6.07, 6.45) is -4.55. The maximum atomic E-state index is 9.77. The number of aliphatic carboxylic acids is 2. The number of para-hydroxylation sites is 1. The van der Waals surface area contributed by atoms with Crippen LogP contribution in [0.5, 0.6) is 0 Å². The second-order valence-corrected chi connectivity index (χ2v) is 4.74. The molecule has 1 rings (SSSR count). The number of hydroxylamine groups is 1. The molecule has 2 atom stereocenters. The number of carboxylic acids is 2. The summed E-state index contributed by atoms with van der Waals surface area (Å²) in [5.41, 5.74) is 6.16. The summed E-state index contributed by atoms with van der Waals surface area (Å²) >= 11 is 0. The topological polar surface area (TPSA) is 177 Å². The molecule has 1 aromatic carbocycles. The molecule has 7 N–H and O–H groups in total. The van der Waals surface area contributed by atoms with Gasteiger partial charge in [-0.25, -0.2) is 9.59 Å². The minimum absolute atomic E-state index is 0.0147. The fraction of sp³-hybridized carbons (Fsp3) is 0.357. The van der Waals surface area contributed by atoms with Crippen LogP contribution in [0, 0.1) is 5.41 Å². The Labute approximate surface area is 138 Å². The smallest absolute Gasteiger partial charge is 0.335 e. The normalized spacial score (nSPS) is 12.5. The van der Waals surface area contributed by atoms with Gasteiger partial charge in [0.2, 0.25) is 5.96 Å². The van der Waals surface area contributed by atoms with Crippen LogP contribution in [-0.2, 0) is 14.4 Å². The number of hydrogen-bond acceptors (Lipinski definition) is 6. The number of rotatable bonds is 6. The number of guanidine groups is 1. The lowest BCUT2D eigenvalue weighted by Crippen LogP contribution is -2.39. The van der Waals surface area contributed by atoms with Crippen LogP contribution in [0.25, 0.3) is 0 Å². The summed E-state index contributed by atoms with van der Waals surface area (Å²) < 4.78 is 0. The predicted octanol–water partition coefficient (Wildman–Crippen LogP) is -0.396. The third-order valence-electron chi connectivity index (χ3n) is 2.33. The number of aliphatic hydroxyl groups is 2. The van der Waals surface area contributed by atoms with Gasteiger partial charge in [-0.1, -0.05) is 18.2 Å². The van der Waals surface area contributed by atoms with Crippen molar-refractivity contribution in [2.24, 2.45) is 5.73 Å². The van der Waals surface area contributed by atoms with E-state index in [0.29, 0.717) is 0 Å². The Bertz CT molecular complexity index is 533. The van der Waals surface area contributed by atoms with Crippen molar-refractivity contribution in [3.05, 3.63) is 30.3 Å². The lowest BCUT2D eigenvalue weighted by atomic mass is 10.2. The Kier molecular flexibility index (Phi) is 9.02. The Morgan fingerprint density at radius 3 is 1.79 bits per heavy atom. The number of nitrogens with zero attached hydrogens (tertiary/aromatic N) is 1. The van der Waals surface area contributed by atoms with Crippen LogP contribution < -0.4 is 10.8 Å². The van der Waals surface area contributed by atoms with Gasteiger partial charge in [0, 0.05) is 0 Å². The van der Waals surface area contributed by atoms with Gasteiger partial charge in [0.15, 0.2) is 12.2 Å². The van der Waals surface area contributed by atoms with Crippen molar-refractivity contribution in [2.75, 3.05) is 5.06 Å². The molecule has 0 amide bonds. The van der Waals surface area contributed by atoms with Gasteiger partial charge in [0.1, 0.15) is 0 Å². The summed E-state index contributed by atoms with van der Waals surface area (Å²) in [7, 11) is 0. The number of nitrogens with two attached hydrogens (primary N) is 1. The van der Waals surface area contributed by atoms with E-state index in [4.69, 9.17) is 36.4 Å². The quantitative estimate of drug-likeness (QED) is 0.228. The molecule has 0 aliphatic rings. The van der Waals surface area contributed by atoms with Crippen LogP contribution in [0.1, 0.15) is 13.8 Å². The van der Waals surface area contributed by atoms with Crippen molar-refractivity contribution in [1.29, 1.82) is 5.41 Å². The third-order valence-corrected chi connectivity index (χ3v) is 2.33. The van der Waals surface area contributed by atoms with Crippen molar-refractivity contribution in [3.8, 4) is 0 Å². The zero-order chi connectivity index (χ0) is 18.9. The number of hydrogen-bond donors (Lipinski definition) is 6.